The van der Waals surface area contributed by atoms with Crippen LogP contribution in [0, 0.1) is 0 Å². The predicted octanol–water partition coefficient (Wildman–Crippen LogP) is 4.81. The molecule has 1 aromatic rings. The van der Waals surface area contributed by atoms with Crippen LogP contribution in [0.3, 0.4) is 0 Å². The van der Waals surface area contributed by atoms with Gasteiger partial charge in [0.1, 0.15) is 0 Å². The average molecular weight is 299 g/mol. The second-order valence-corrected chi connectivity index (χ2v) is 5.10. The van der Waals surface area contributed by atoms with Crippen LogP contribution in [0.2, 0.25) is 0 Å². The molecule has 0 radical (unpaired) electrons. The van der Waals surface area contributed by atoms with Crippen molar-refractivity contribution >= 4 is 16.8 Å². The molecule has 0 aliphatic heterocycles. The molecule has 0 aromatic heterocycles. The summed E-state index contributed by atoms with van der Waals surface area (Å²) < 4.78 is 10.9. The van der Waals surface area contributed by atoms with E-state index < -0.39 is 5.24 Å². The minimum atomic E-state index is -0.495. The average Bonchev–Trinajstić information content (AvgIpc) is 2.46. The number of carbonyl (C=O) groups excluding carboxylic acids is 1. The van der Waals surface area contributed by atoms with Crippen LogP contribution in [0.4, 0.5) is 0 Å². The Kier molecular flexibility index (Phi) is 8.12. The number of carbonyl (C=O) groups is 1. The summed E-state index contributed by atoms with van der Waals surface area (Å²) in [6, 6.07) is 4.98. The van der Waals surface area contributed by atoms with Crippen molar-refractivity contribution in [1.82, 2.24) is 0 Å². The topological polar surface area (TPSA) is 35.5 Å². The van der Waals surface area contributed by atoms with E-state index in [0.29, 0.717) is 23.7 Å². The molecule has 0 aliphatic rings. The highest BCUT2D eigenvalue weighted by atomic mass is 35.5. The summed E-state index contributed by atoms with van der Waals surface area (Å²) in [5.74, 6) is 1.20. The van der Waals surface area contributed by atoms with Crippen LogP contribution in [0.25, 0.3) is 0 Å². The van der Waals surface area contributed by atoms with Crippen molar-refractivity contribution in [3.8, 4) is 11.5 Å². The Balaban J connectivity index is 2.38. The summed E-state index contributed by atoms with van der Waals surface area (Å²) in [4.78, 5) is 11.1. The molecule has 4 heteroatoms. The first-order chi connectivity index (χ1) is 9.69. The first-order valence-corrected chi connectivity index (χ1v) is 7.57. The zero-order chi connectivity index (χ0) is 14.8. The normalized spacial score (nSPS) is 10.3. The number of hydrogen-bond donors (Lipinski definition) is 0. The zero-order valence-corrected chi connectivity index (χ0v) is 13.0. The van der Waals surface area contributed by atoms with Crippen LogP contribution >= 0.6 is 11.6 Å². The summed E-state index contributed by atoms with van der Waals surface area (Å²) in [7, 11) is 1.55. The fourth-order valence-electron chi connectivity index (χ4n) is 1.97. The summed E-state index contributed by atoms with van der Waals surface area (Å²) in [6.07, 6.45) is 7.34. The Labute approximate surface area is 126 Å². The highest BCUT2D eigenvalue weighted by Gasteiger charge is 2.09. The molecular formula is C16H23ClO3. The van der Waals surface area contributed by atoms with Crippen LogP contribution < -0.4 is 9.47 Å². The van der Waals surface area contributed by atoms with Crippen molar-refractivity contribution < 1.29 is 14.3 Å². The summed E-state index contributed by atoms with van der Waals surface area (Å²) in [5, 5.41) is -0.495. The van der Waals surface area contributed by atoms with Gasteiger partial charge in [0.2, 0.25) is 0 Å². The van der Waals surface area contributed by atoms with Gasteiger partial charge in [-0.25, -0.2) is 0 Å². The van der Waals surface area contributed by atoms with Crippen LogP contribution in [-0.2, 0) is 0 Å². The third-order valence-corrected chi connectivity index (χ3v) is 3.36. The first-order valence-electron chi connectivity index (χ1n) is 7.19. The van der Waals surface area contributed by atoms with E-state index in [-0.39, 0.29) is 0 Å². The summed E-state index contributed by atoms with van der Waals surface area (Å²) >= 11 is 5.44. The Morgan fingerprint density at radius 1 is 1.10 bits per heavy atom. The van der Waals surface area contributed by atoms with E-state index in [1.807, 2.05) is 0 Å². The molecule has 0 fully saturated rings. The monoisotopic (exact) mass is 298 g/mol. The number of unbranched alkanes of at least 4 members (excludes halogenated alkanes) is 5. The highest BCUT2D eigenvalue weighted by molar-refractivity contribution is 6.67. The molecular weight excluding hydrogens is 276 g/mol. The van der Waals surface area contributed by atoms with E-state index in [1.54, 1.807) is 25.3 Å². The number of ether oxygens (including phenoxy) is 2. The van der Waals surface area contributed by atoms with Crippen LogP contribution in [0.1, 0.15) is 55.8 Å². The third-order valence-electron chi connectivity index (χ3n) is 3.15. The third kappa shape index (κ3) is 5.83. The maximum absolute atomic E-state index is 11.1. The van der Waals surface area contributed by atoms with E-state index in [0.717, 1.165) is 6.42 Å². The molecule has 0 heterocycles. The second-order valence-electron chi connectivity index (χ2n) is 4.76. The smallest absolute Gasteiger partial charge is 0.252 e. The van der Waals surface area contributed by atoms with Gasteiger partial charge in [-0.3, -0.25) is 4.79 Å². The van der Waals surface area contributed by atoms with Crippen molar-refractivity contribution in [2.75, 3.05) is 13.7 Å². The largest absolute Gasteiger partial charge is 0.493 e. The van der Waals surface area contributed by atoms with Crippen molar-refractivity contribution in [3.05, 3.63) is 23.8 Å². The van der Waals surface area contributed by atoms with Crippen molar-refractivity contribution in [3.63, 3.8) is 0 Å². The fraction of sp³-hybridized carbons (Fsp3) is 0.562. The van der Waals surface area contributed by atoms with Gasteiger partial charge in [-0.05, 0) is 36.2 Å². The molecule has 0 bridgehead atoms. The minimum Gasteiger partial charge on any atom is -0.493 e. The van der Waals surface area contributed by atoms with Gasteiger partial charge in [0, 0.05) is 5.56 Å². The summed E-state index contributed by atoms with van der Waals surface area (Å²) in [5.41, 5.74) is 0.412. The molecule has 0 saturated carbocycles. The van der Waals surface area contributed by atoms with Gasteiger partial charge < -0.3 is 9.47 Å². The maximum atomic E-state index is 11.1. The van der Waals surface area contributed by atoms with E-state index in [1.165, 1.54) is 32.1 Å². The SMILES string of the molecule is CCCCCCCCOc1ccc(C(=O)Cl)cc1OC. The van der Waals surface area contributed by atoms with Crippen LogP contribution in [0.15, 0.2) is 18.2 Å². The Bertz CT molecular complexity index is 418. The Hall–Kier alpha value is -1.22. The molecule has 3 nitrogen and oxygen atoms in total. The lowest BCUT2D eigenvalue weighted by Gasteiger charge is -2.11. The molecule has 1 aromatic carbocycles. The zero-order valence-electron chi connectivity index (χ0n) is 12.3. The number of halogens is 1. The van der Waals surface area contributed by atoms with E-state index >= 15 is 0 Å². The Morgan fingerprint density at radius 2 is 1.80 bits per heavy atom. The number of hydrogen-bond acceptors (Lipinski definition) is 3. The molecule has 0 atom stereocenters. The van der Waals surface area contributed by atoms with E-state index in [9.17, 15) is 4.79 Å². The lowest BCUT2D eigenvalue weighted by Crippen LogP contribution is -2.00. The Morgan fingerprint density at radius 3 is 2.45 bits per heavy atom. The maximum Gasteiger partial charge on any atom is 0.252 e. The van der Waals surface area contributed by atoms with Gasteiger partial charge in [-0.1, -0.05) is 39.0 Å². The molecule has 0 aliphatic carbocycles. The molecule has 1 rings (SSSR count). The summed E-state index contributed by atoms with van der Waals surface area (Å²) in [6.45, 7) is 2.88. The van der Waals surface area contributed by atoms with Crippen molar-refractivity contribution in [2.45, 2.75) is 45.4 Å². The molecule has 0 N–H and O–H groups in total. The van der Waals surface area contributed by atoms with Crippen LogP contribution in [0.5, 0.6) is 11.5 Å². The highest BCUT2D eigenvalue weighted by Crippen LogP contribution is 2.28. The first kappa shape index (κ1) is 16.8. The van der Waals surface area contributed by atoms with E-state index in [2.05, 4.69) is 6.92 Å². The number of methoxy groups -OCH3 is 1. The van der Waals surface area contributed by atoms with E-state index in [4.69, 9.17) is 21.1 Å². The van der Waals surface area contributed by atoms with Crippen LogP contribution in [-0.4, -0.2) is 19.0 Å². The van der Waals surface area contributed by atoms with Crippen molar-refractivity contribution in [2.24, 2.45) is 0 Å². The van der Waals surface area contributed by atoms with Gasteiger partial charge in [-0.2, -0.15) is 0 Å². The molecule has 0 spiro atoms. The molecule has 0 unspecified atom stereocenters. The van der Waals surface area contributed by atoms with Crippen molar-refractivity contribution in [1.29, 1.82) is 0 Å². The number of benzene rings is 1. The van der Waals surface area contributed by atoms with Gasteiger partial charge in [-0.15, -0.1) is 0 Å². The molecule has 0 amide bonds. The standard InChI is InChI=1S/C16H23ClO3/c1-3-4-5-6-7-8-11-20-14-10-9-13(16(17)18)12-15(14)19-2/h9-10,12H,3-8,11H2,1-2H3. The second kappa shape index (κ2) is 9.65. The lowest BCUT2D eigenvalue weighted by atomic mass is 10.1. The predicted molar refractivity (Wildman–Crippen MR) is 82.0 cm³/mol. The van der Waals surface area contributed by atoms with Gasteiger partial charge in [0.25, 0.3) is 5.24 Å². The minimum absolute atomic E-state index is 0.412. The van der Waals surface area contributed by atoms with Gasteiger partial charge >= 0.3 is 0 Å². The quantitative estimate of drug-likeness (QED) is 0.459. The van der Waals surface area contributed by atoms with Gasteiger partial charge in [0.15, 0.2) is 11.5 Å². The molecule has 112 valence electrons. The molecule has 0 saturated heterocycles. The fourth-order valence-corrected chi connectivity index (χ4v) is 2.09. The lowest BCUT2D eigenvalue weighted by molar-refractivity contribution is 0.108. The van der Waals surface area contributed by atoms with Gasteiger partial charge in [0.05, 0.1) is 13.7 Å². The number of rotatable bonds is 10. The molecule has 20 heavy (non-hydrogen) atoms.